The summed E-state index contributed by atoms with van der Waals surface area (Å²) in [6.07, 6.45) is 0. The van der Waals surface area contributed by atoms with Crippen molar-refractivity contribution in [3.8, 4) is 0 Å². The highest BCUT2D eigenvalue weighted by Gasteiger charge is 2.13. The zero-order valence-electron chi connectivity index (χ0n) is 10.4. The standard InChI is InChI=1S/C14H13FN2O2/c1-10-3-2-4-11(7-10)9-16-12-5-6-13(15)14(8-12)17(18)19/h2-8,16H,9H2,1H3. The van der Waals surface area contributed by atoms with Gasteiger partial charge in [-0.3, -0.25) is 10.1 Å². The van der Waals surface area contributed by atoms with Crippen LogP contribution in [-0.2, 0) is 6.54 Å². The predicted molar refractivity (Wildman–Crippen MR) is 71.6 cm³/mol. The van der Waals surface area contributed by atoms with Gasteiger partial charge < -0.3 is 5.32 Å². The Kier molecular flexibility index (Phi) is 3.75. The molecule has 0 unspecified atom stereocenters. The van der Waals surface area contributed by atoms with Crippen molar-refractivity contribution in [2.24, 2.45) is 0 Å². The molecule has 0 fully saturated rings. The third-order valence-electron chi connectivity index (χ3n) is 2.72. The monoisotopic (exact) mass is 260 g/mol. The molecule has 2 rings (SSSR count). The van der Waals surface area contributed by atoms with Crippen molar-refractivity contribution in [3.63, 3.8) is 0 Å². The van der Waals surface area contributed by atoms with Crippen LogP contribution in [0.2, 0.25) is 0 Å². The summed E-state index contributed by atoms with van der Waals surface area (Å²) in [5, 5.41) is 13.7. The van der Waals surface area contributed by atoms with E-state index < -0.39 is 16.4 Å². The number of hydrogen-bond acceptors (Lipinski definition) is 3. The minimum atomic E-state index is -0.828. The molecule has 0 radical (unpaired) electrons. The molecular weight excluding hydrogens is 247 g/mol. The van der Waals surface area contributed by atoms with Gasteiger partial charge in [0.15, 0.2) is 0 Å². The van der Waals surface area contributed by atoms with Crippen LogP contribution < -0.4 is 5.32 Å². The average molecular weight is 260 g/mol. The second-order valence-electron chi connectivity index (χ2n) is 4.27. The fourth-order valence-electron chi connectivity index (χ4n) is 1.79. The number of aryl methyl sites for hydroxylation is 1. The number of nitrogens with zero attached hydrogens (tertiary/aromatic N) is 1. The van der Waals surface area contributed by atoms with E-state index in [9.17, 15) is 14.5 Å². The Morgan fingerprint density at radius 2 is 2.05 bits per heavy atom. The molecule has 2 aromatic rings. The van der Waals surface area contributed by atoms with Crippen molar-refractivity contribution >= 4 is 11.4 Å². The number of halogens is 1. The van der Waals surface area contributed by atoms with Crippen molar-refractivity contribution < 1.29 is 9.31 Å². The van der Waals surface area contributed by atoms with Crippen molar-refractivity contribution in [2.45, 2.75) is 13.5 Å². The maximum absolute atomic E-state index is 13.2. The summed E-state index contributed by atoms with van der Waals surface area (Å²) in [6.45, 7) is 2.52. The summed E-state index contributed by atoms with van der Waals surface area (Å²) >= 11 is 0. The van der Waals surface area contributed by atoms with Crippen molar-refractivity contribution in [1.82, 2.24) is 0 Å². The van der Waals surface area contributed by atoms with Crippen molar-refractivity contribution in [1.29, 1.82) is 0 Å². The van der Waals surface area contributed by atoms with Crippen LogP contribution in [0.25, 0.3) is 0 Å². The Hall–Kier alpha value is -2.43. The molecule has 0 aliphatic rings. The number of nitro groups is 1. The molecule has 0 saturated carbocycles. The van der Waals surface area contributed by atoms with Gasteiger partial charge in [-0.1, -0.05) is 29.8 Å². The summed E-state index contributed by atoms with van der Waals surface area (Å²) in [6, 6.07) is 11.7. The first-order valence-corrected chi connectivity index (χ1v) is 5.79. The molecule has 2 aromatic carbocycles. The normalized spacial score (nSPS) is 10.2. The maximum atomic E-state index is 13.2. The smallest absolute Gasteiger partial charge is 0.306 e. The lowest BCUT2D eigenvalue weighted by Gasteiger charge is -2.07. The first-order valence-electron chi connectivity index (χ1n) is 5.79. The largest absolute Gasteiger partial charge is 0.381 e. The minimum absolute atomic E-state index is 0.519. The van der Waals surface area contributed by atoms with Crippen LogP contribution in [0.3, 0.4) is 0 Å². The molecule has 0 aliphatic heterocycles. The summed E-state index contributed by atoms with van der Waals surface area (Å²) < 4.78 is 13.2. The summed E-state index contributed by atoms with van der Waals surface area (Å²) in [5.41, 5.74) is 2.21. The van der Waals surface area contributed by atoms with E-state index in [0.29, 0.717) is 12.2 Å². The van der Waals surface area contributed by atoms with Gasteiger partial charge in [0.1, 0.15) is 0 Å². The van der Waals surface area contributed by atoms with Crippen LogP contribution in [0, 0.1) is 22.9 Å². The third kappa shape index (κ3) is 3.28. The molecule has 1 N–H and O–H groups in total. The SMILES string of the molecule is Cc1cccc(CNc2ccc(F)c([N+](=O)[O-])c2)c1. The Labute approximate surface area is 110 Å². The van der Waals surface area contributed by atoms with Gasteiger partial charge in [-0.05, 0) is 24.6 Å². The zero-order valence-corrected chi connectivity index (χ0v) is 10.4. The molecule has 0 aliphatic carbocycles. The van der Waals surface area contributed by atoms with Crippen molar-refractivity contribution in [2.75, 3.05) is 5.32 Å². The van der Waals surface area contributed by atoms with E-state index in [4.69, 9.17) is 0 Å². The fourth-order valence-corrected chi connectivity index (χ4v) is 1.79. The first-order chi connectivity index (χ1) is 9.06. The highest BCUT2D eigenvalue weighted by Crippen LogP contribution is 2.22. The minimum Gasteiger partial charge on any atom is -0.381 e. The lowest BCUT2D eigenvalue weighted by molar-refractivity contribution is -0.387. The summed E-state index contributed by atoms with van der Waals surface area (Å²) in [5.74, 6) is -0.828. The molecule has 0 amide bonds. The van der Waals surface area contributed by atoms with Crippen LogP contribution in [-0.4, -0.2) is 4.92 Å². The summed E-state index contributed by atoms with van der Waals surface area (Å²) in [7, 11) is 0. The Morgan fingerprint density at radius 1 is 1.26 bits per heavy atom. The first kappa shape index (κ1) is 13.0. The van der Waals surface area contributed by atoms with Gasteiger partial charge in [-0.15, -0.1) is 0 Å². The van der Waals surface area contributed by atoms with E-state index in [1.54, 1.807) is 0 Å². The average Bonchev–Trinajstić information content (AvgIpc) is 2.37. The second-order valence-corrected chi connectivity index (χ2v) is 4.27. The molecule has 0 aromatic heterocycles. The number of nitro benzene ring substituents is 1. The van der Waals surface area contributed by atoms with E-state index in [2.05, 4.69) is 5.32 Å². The van der Waals surface area contributed by atoms with Gasteiger partial charge in [-0.2, -0.15) is 4.39 Å². The number of hydrogen-bond donors (Lipinski definition) is 1. The summed E-state index contributed by atoms with van der Waals surface area (Å²) in [4.78, 5) is 9.90. The van der Waals surface area contributed by atoms with E-state index in [0.717, 1.165) is 17.2 Å². The van der Waals surface area contributed by atoms with Gasteiger partial charge in [0.2, 0.25) is 5.82 Å². The van der Waals surface area contributed by atoms with Crippen LogP contribution in [0.1, 0.15) is 11.1 Å². The quantitative estimate of drug-likeness (QED) is 0.674. The maximum Gasteiger partial charge on any atom is 0.306 e. The lowest BCUT2D eigenvalue weighted by Crippen LogP contribution is -2.01. The molecule has 98 valence electrons. The number of nitrogens with one attached hydrogen (secondary N) is 1. The number of rotatable bonds is 4. The Morgan fingerprint density at radius 3 is 2.74 bits per heavy atom. The molecule has 19 heavy (non-hydrogen) atoms. The molecule has 0 bridgehead atoms. The van der Waals surface area contributed by atoms with E-state index in [-0.39, 0.29) is 0 Å². The lowest BCUT2D eigenvalue weighted by atomic mass is 10.1. The zero-order chi connectivity index (χ0) is 13.8. The molecule has 0 heterocycles. The molecule has 0 spiro atoms. The van der Waals surface area contributed by atoms with E-state index in [1.807, 2.05) is 31.2 Å². The molecule has 5 heteroatoms. The van der Waals surface area contributed by atoms with Crippen LogP contribution in [0.4, 0.5) is 15.8 Å². The van der Waals surface area contributed by atoms with Crippen molar-refractivity contribution in [3.05, 3.63) is 69.5 Å². The second kappa shape index (κ2) is 5.48. The molecular formula is C14H13FN2O2. The number of anilines is 1. The van der Waals surface area contributed by atoms with Gasteiger partial charge in [0.25, 0.3) is 0 Å². The van der Waals surface area contributed by atoms with Crippen LogP contribution in [0.15, 0.2) is 42.5 Å². The topological polar surface area (TPSA) is 55.2 Å². The fraction of sp³-hybridized carbons (Fsp3) is 0.143. The predicted octanol–water partition coefficient (Wildman–Crippen LogP) is 3.65. The van der Waals surface area contributed by atoms with Crippen LogP contribution >= 0.6 is 0 Å². The third-order valence-corrected chi connectivity index (χ3v) is 2.72. The van der Waals surface area contributed by atoms with Gasteiger partial charge in [-0.25, -0.2) is 0 Å². The van der Waals surface area contributed by atoms with Gasteiger partial charge in [0, 0.05) is 18.3 Å². The Balaban J connectivity index is 2.12. The highest BCUT2D eigenvalue weighted by atomic mass is 19.1. The molecule has 0 atom stereocenters. The van der Waals surface area contributed by atoms with E-state index in [1.165, 1.54) is 12.1 Å². The molecule has 0 saturated heterocycles. The van der Waals surface area contributed by atoms with Crippen LogP contribution in [0.5, 0.6) is 0 Å². The van der Waals surface area contributed by atoms with Gasteiger partial charge >= 0.3 is 5.69 Å². The highest BCUT2D eigenvalue weighted by molar-refractivity contribution is 5.52. The van der Waals surface area contributed by atoms with Gasteiger partial charge in [0.05, 0.1) is 4.92 Å². The molecule has 4 nitrogen and oxygen atoms in total. The Bertz CT molecular complexity index is 614. The number of benzene rings is 2. The van der Waals surface area contributed by atoms with E-state index >= 15 is 0 Å².